The third-order valence-electron chi connectivity index (χ3n) is 9.95. The van der Waals surface area contributed by atoms with Gasteiger partial charge in [-0.05, 0) is 72.0 Å². The number of alkyl halides is 3. The minimum Gasteiger partial charge on any atom is -0.375 e. The summed E-state index contributed by atoms with van der Waals surface area (Å²) in [6.45, 7) is 9.43. The molecule has 1 aliphatic rings. The van der Waals surface area contributed by atoms with Gasteiger partial charge in [-0.3, -0.25) is 14.4 Å². The van der Waals surface area contributed by atoms with E-state index in [4.69, 9.17) is 4.74 Å². The lowest BCUT2D eigenvalue weighted by molar-refractivity contribution is -0.143. The number of hydrogen-bond acceptors (Lipinski definition) is 5. The molecule has 0 saturated carbocycles. The first-order valence-electron chi connectivity index (χ1n) is 18.5. The molecule has 0 N–H and O–H groups in total. The zero-order chi connectivity index (χ0) is 39.5. The van der Waals surface area contributed by atoms with Crippen molar-refractivity contribution in [3.8, 4) is 0 Å². The van der Waals surface area contributed by atoms with Crippen LogP contribution in [0.25, 0.3) is 6.08 Å². The lowest BCUT2D eigenvalue weighted by Crippen LogP contribution is -2.51. The Morgan fingerprint density at radius 3 is 2.15 bits per heavy atom. The number of rotatable bonds is 14. The summed E-state index contributed by atoms with van der Waals surface area (Å²) in [5.74, 6) is -0.671. The van der Waals surface area contributed by atoms with Crippen molar-refractivity contribution in [3.63, 3.8) is 0 Å². The lowest BCUT2D eigenvalue weighted by Gasteiger charge is -2.36. The van der Waals surface area contributed by atoms with Crippen LogP contribution in [0.1, 0.15) is 45.9 Å². The summed E-state index contributed by atoms with van der Waals surface area (Å²) < 4.78 is 45.6. The average Bonchev–Trinajstić information content (AvgIpc) is 3.17. The van der Waals surface area contributed by atoms with Gasteiger partial charge in [-0.1, -0.05) is 78.4 Å². The molecule has 11 heteroatoms. The first-order chi connectivity index (χ1) is 26.3. The zero-order valence-electron chi connectivity index (χ0n) is 31.9. The fraction of sp³-hybridized carbons (Fsp3) is 0.341. The molecule has 4 aromatic carbocycles. The van der Waals surface area contributed by atoms with E-state index in [1.165, 1.54) is 34.7 Å². The van der Waals surface area contributed by atoms with Crippen molar-refractivity contribution in [3.05, 3.63) is 142 Å². The number of carbonyl (C=O) groups is 3. The van der Waals surface area contributed by atoms with E-state index < -0.39 is 23.7 Å². The molecule has 1 fully saturated rings. The Kier molecular flexibility index (Phi) is 13.9. The van der Waals surface area contributed by atoms with Gasteiger partial charge in [0.05, 0.1) is 18.8 Å². The number of likely N-dealkylation sites (N-methyl/N-ethyl adjacent to an activating group) is 1. The number of ether oxygens (including phenoxy) is 1. The van der Waals surface area contributed by atoms with Crippen molar-refractivity contribution in [2.75, 3.05) is 51.3 Å². The van der Waals surface area contributed by atoms with Crippen LogP contribution in [0.2, 0.25) is 0 Å². The predicted molar refractivity (Wildman–Crippen MR) is 209 cm³/mol. The Labute approximate surface area is 321 Å². The number of nitrogens with zero attached hydrogens (tertiary/aromatic N) is 4. The van der Waals surface area contributed by atoms with Gasteiger partial charge in [0.25, 0.3) is 0 Å². The van der Waals surface area contributed by atoms with Gasteiger partial charge in [0.1, 0.15) is 6.04 Å². The topological polar surface area (TPSA) is 73.4 Å². The van der Waals surface area contributed by atoms with Crippen LogP contribution in [-0.4, -0.2) is 84.8 Å². The van der Waals surface area contributed by atoms with Gasteiger partial charge in [0.15, 0.2) is 0 Å². The second-order valence-electron chi connectivity index (χ2n) is 14.0. The van der Waals surface area contributed by atoms with E-state index in [2.05, 4.69) is 11.0 Å². The largest absolute Gasteiger partial charge is 0.416 e. The standard InChI is InChI=1S/C44H49F3N4O4/c1-32-10-16-38(33(2)28-32)31-55-27-26-48(4)43(54)41(29-36-8-6-5-7-9-36)51(42(53)21-15-35-11-17-39(18-12-35)44(45,46)47)30-37-13-19-40(20-14-37)50-24-22-49(23-25-50)34(3)52/h5-21,28,41H,22-27,29-31H2,1-4H3/b21-15+/t41-/m0/s1. The molecule has 0 aliphatic carbocycles. The molecule has 290 valence electrons. The molecule has 0 radical (unpaired) electrons. The van der Waals surface area contributed by atoms with Crippen LogP contribution >= 0.6 is 0 Å². The molecule has 0 spiro atoms. The second kappa shape index (κ2) is 18.8. The second-order valence-corrected chi connectivity index (χ2v) is 14.0. The van der Waals surface area contributed by atoms with E-state index in [1.807, 2.05) is 85.5 Å². The molecule has 4 aromatic rings. The minimum atomic E-state index is -4.48. The van der Waals surface area contributed by atoms with Gasteiger partial charge in [-0.2, -0.15) is 13.2 Å². The first-order valence-corrected chi connectivity index (χ1v) is 18.5. The number of hydrogen-bond donors (Lipinski definition) is 0. The Morgan fingerprint density at radius 1 is 0.855 bits per heavy atom. The molecule has 3 amide bonds. The fourth-order valence-electron chi connectivity index (χ4n) is 6.60. The summed E-state index contributed by atoms with van der Waals surface area (Å²) in [7, 11) is 1.70. The fourth-order valence-corrected chi connectivity index (χ4v) is 6.60. The Bertz CT molecular complexity index is 1920. The Balaban J connectivity index is 1.38. The molecular weight excluding hydrogens is 706 g/mol. The highest BCUT2D eigenvalue weighted by Crippen LogP contribution is 2.29. The average molecular weight is 755 g/mol. The van der Waals surface area contributed by atoms with Crippen LogP contribution in [0.15, 0.2) is 103 Å². The maximum atomic E-state index is 14.4. The van der Waals surface area contributed by atoms with Gasteiger partial charge >= 0.3 is 6.18 Å². The number of piperazine rings is 1. The molecule has 8 nitrogen and oxygen atoms in total. The Hall–Kier alpha value is -5.42. The van der Waals surface area contributed by atoms with Crippen LogP contribution in [0, 0.1) is 13.8 Å². The predicted octanol–water partition coefficient (Wildman–Crippen LogP) is 7.32. The van der Waals surface area contributed by atoms with Crippen molar-refractivity contribution < 1.29 is 32.3 Å². The summed E-state index contributed by atoms with van der Waals surface area (Å²) in [5.41, 5.74) is 5.67. The van der Waals surface area contributed by atoms with Gasteiger partial charge in [0.2, 0.25) is 17.7 Å². The third kappa shape index (κ3) is 11.5. The number of benzene rings is 4. The monoisotopic (exact) mass is 754 g/mol. The number of halogens is 3. The van der Waals surface area contributed by atoms with Crippen molar-refractivity contribution in [1.29, 1.82) is 0 Å². The van der Waals surface area contributed by atoms with Crippen molar-refractivity contribution >= 4 is 29.5 Å². The summed E-state index contributed by atoms with van der Waals surface area (Å²) >= 11 is 0. The van der Waals surface area contributed by atoms with Crippen LogP contribution < -0.4 is 4.90 Å². The normalized spacial score (nSPS) is 13.9. The lowest BCUT2D eigenvalue weighted by atomic mass is 10.0. The SMILES string of the molecule is CC(=O)N1CCN(c2ccc(CN(C(=O)/C=C/c3ccc(C(F)(F)F)cc3)[C@@H](Cc3ccccc3)C(=O)N(C)CCOCc3ccc(C)cc3C)cc2)CC1. The van der Waals surface area contributed by atoms with Gasteiger partial charge in [0, 0.05) is 71.4 Å². The van der Waals surface area contributed by atoms with Crippen LogP contribution in [0.4, 0.5) is 18.9 Å². The smallest absolute Gasteiger partial charge is 0.375 e. The van der Waals surface area contributed by atoms with Crippen LogP contribution in [0.3, 0.4) is 0 Å². The number of anilines is 1. The minimum absolute atomic E-state index is 0.0576. The van der Waals surface area contributed by atoms with Crippen molar-refractivity contribution in [1.82, 2.24) is 14.7 Å². The van der Waals surface area contributed by atoms with Gasteiger partial charge in [-0.25, -0.2) is 0 Å². The van der Waals surface area contributed by atoms with E-state index >= 15 is 0 Å². The van der Waals surface area contributed by atoms with E-state index in [1.54, 1.807) is 18.9 Å². The molecular formula is C44H49F3N4O4. The summed E-state index contributed by atoms with van der Waals surface area (Å²) in [6.07, 6.45) is -1.46. The first kappa shape index (κ1) is 40.8. The number of amides is 3. The maximum Gasteiger partial charge on any atom is 0.416 e. The molecule has 5 rings (SSSR count). The molecule has 0 bridgehead atoms. The summed E-state index contributed by atoms with van der Waals surface area (Å²) in [6, 6.07) is 27.1. The van der Waals surface area contributed by atoms with E-state index in [9.17, 15) is 27.6 Å². The maximum absolute atomic E-state index is 14.4. The molecule has 0 unspecified atom stereocenters. The highest BCUT2D eigenvalue weighted by atomic mass is 19.4. The summed E-state index contributed by atoms with van der Waals surface area (Å²) in [5, 5.41) is 0. The number of aryl methyl sites for hydroxylation is 2. The molecule has 0 aromatic heterocycles. The zero-order valence-corrected chi connectivity index (χ0v) is 31.9. The van der Waals surface area contributed by atoms with Gasteiger partial charge in [-0.15, -0.1) is 0 Å². The number of carbonyl (C=O) groups excluding carboxylic acids is 3. The highest BCUT2D eigenvalue weighted by Gasteiger charge is 2.32. The van der Waals surface area contributed by atoms with E-state index in [0.717, 1.165) is 40.1 Å². The Morgan fingerprint density at radius 2 is 1.53 bits per heavy atom. The highest BCUT2D eigenvalue weighted by molar-refractivity contribution is 5.95. The molecule has 1 atom stereocenters. The van der Waals surface area contributed by atoms with Crippen molar-refractivity contribution in [2.45, 2.75) is 52.6 Å². The van der Waals surface area contributed by atoms with Crippen LogP contribution in [-0.2, 0) is 44.9 Å². The molecule has 55 heavy (non-hydrogen) atoms. The molecule has 1 aliphatic heterocycles. The van der Waals surface area contributed by atoms with Crippen LogP contribution in [0.5, 0.6) is 0 Å². The third-order valence-corrected chi connectivity index (χ3v) is 9.95. The van der Waals surface area contributed by atoms with E-state index in [0.29, 0.717) is 44.9 Å². The quantitative estimate of drug-likeness (QED) is 0.0998. The summed E-state index contributed by atoms with van der Waals surface area (Å²) in [4.78, 5) is 47.6. The van der Waals surface area contributed by atoms with E-state index in [-0.39, 0.29) is 31.4 Å². The van der Waals surface area contributed by atoms with Gasteiger partial charge < -0.3 is 24.3 Å². The van der Waals surface area contributed by atoms with Crippen molar-refractivity contribution in [2.24, 2.45) is 0 Å². The molecule has 1 saturated heterocycles. The molecule has 1 heterocycles.